The van der Waals surface area contributed by atoms with Crippen molar-refractivity contribution in [2.75, 3.05) is 11.5 Å². The lowest BCUT2D eigenvalue weighted by molar-refractivity contribution is 0.984. The molecule has 0 fully saturated rings. The lowest BCUT2D eigenvalue weighted by atomic mass is 10.2. The van der Waals surface area contributed by atoms with E-state index in [1.807, 2.05) is 18.2 Å². The molecule has 16 heavy (non-hydrogen) atoms. The first kappa shape index (κ1) is 10.8. The Morgan fingerprint density at radius 3 is 2.25 bits per heavy atom. The summed E-state index contributed by atoms with van der Waals surface area (Å²) < 4.78 is 0. The number of benzene rings is 1. The van der Waals surface area contributed by atoms with Gasteiger partial charge in [0.05, 0.1) is 0 Å². The highest BCUT2D eigenvalue weighted by atomic mass is 32.2. The van der Waals surface area contributed by atoms with Crippen molar-refractivity contribution in [3.05, 3.63) is 42.0 Å². The van der Waals surface area contributed by atoms with Gasteiger partial charge in [0.15, 0.2) is 5.16 Å². The molecule has 1 heterocycles. The summed E-state index contributed by atoms with van der Waals surface area (Å²) in [5.74, 6) is 1.62. The van der Waals surface area contributed by atoms with Crippen LogP contribution >= 0.6 is 11.8 Å². The van der Waals surface area contributed by atoms with E-state index in [1.165, 1.54) is 17.3 Å². The van der Waals surface area contributed by atoms with Crippen LogP contribution in [0.25, 0.3) is 0 Å². The third-order valence-corrected chi connectivity index (χ3v) is 2.87. The number of nitrogen functional groups attached to an aromatic ring is 2. The molecule has 0 bridgehead atoms. The highest BCUT2D eigenvalue weighted by Gasteiger charge is 2.01. The smallest absolute Gasteiger partial charge is 0.191 e. The molecule has 0 radical (unpaired) electrons. The van der Waals surface area contributed by atoms with Gasteiger partial charge in [0, 0.05) is 11.8 Å². The van der Waals surface area contributed by atoms with E-state index >= 15 is 0 Å². The topological polar surface area (TPSA) is 77.8 Å². The van der Waals surface area contributed by atoms with Gasteiger partial charge in [-0.2, -0.15) is 0 Å². The Morgan fingerprint density at radius 2 is 1.62 bits per heavy atom. The number of anilines is 2. The molecular weight excluding hydrogens is 220 g/mol. The summed E-state index contributed by atoms with van der Waals surface area (Å²) in [5, 5.41) is 0.612. The molecule has 0 amide bonds. The predicted octanol–water partition coefficient (Wildman–Crippen LogP) is 1.93. The second-order valence-corrected chi connectivity index (χ2v) is 4.22. The molecule has 1 aromatic carbocycles. The van der Waals surface area contributed by atoms with Gasteiger partial charge < -0.3 is 11.5 Å². The van der Waals surface area contributed by atoms with Crippen molar-refractivity contribution >= 4 is 23.4 Å². The molecule has 1 aromatic heterocycles. The van der Waals surface area contributed by atoms with Gasteiger partial charge in [0.25, 0.3) is 0 Å². The largest absolute Gasteiger partial charge is 0.383 e. The SMILES string of the molecule is Nc1cc(N)nc(SCc2ccccc2)n1. The van der Waals surface area contributed by atoms with E-state index in [1.54, 1.807) is 6.07 Å². The quantitative estimate of drug-likeness (QED) is 0.624. The number of nitrogens with zero attached hydrogens (tertiary/aromatic N) is 2. The van der Waals surface area contributed by atoms with Crippen molar-refractivity contribution in [1.29, 1.82) is 0 Å². The molecule has 4 N–H and O–H groups in total. The molecule has 0 aliphatic carbocycles. The molecule has 0 spiro atoms. The molecule has 2 rings (SSSR count). The molecule has 4 nitrogen and oxygen atoms in total. The van der Waals surface area contributed by atoms with Crippen LogP contribution in [0.5, 0.6) is 0 Å². The third-order valence-electron chi connectivity index (χ3n) is 1.96. The minimum absolute atomic E-state index is 0.406. The second kappa shape index (κ2) is 4.85. The normalized spacial score (nSPS) is 10.2. The minimum atomic E-state index is 0.406. The van der Waals surface area contributed by atoms with Gasteiger partial charge in [-0.1, -0.05) is 42.1 Å². The maximum atomic E-state index is 5.58. The van der Waals surface area contributed by atoms with E-state index in [-0.39, 0.29) is 0 Å². The van der Waals surface area contributed by atoms with Crippen molar-refractivity contribution in [1.82, 2.24) is 9.97 Å². The van der Waals surface area contributed by atoms with Crippen molar-refractivity contribution < 1.29 is 0 Å². The van der Waals surface area contributed by atoms with Crippen LogP contribution < -0.4 is 11.5 Å². The fourth-order valence-corrected chi connectivity index (χ4v) is 2.08. The molecule has 2 aromatic rings. The highest BCUT2D eigenvalue weighted by molar-refractivity contribution is 7.98. The van der Waals surface area contributed by atoms with Crippen molar-refractivity contribution in [2.45, 2.75) is 10.9 Å². The van der Waals surface area contributed by atoms with Crippen molar-refractivity contribution in [3.63, 3.8) is 0 Å². The number of nitrogens with two attached hydrogens (primary N) is 2. The van der Waals surface area contributed by atoms with E-state index in [4.69, 9.17) is 11.5 Å². The Hall–Kier alpha value is -1.75. The lowest BCUT2D eigenvalue weighted by Gasteiger charge is -2.02. The van der Waals surface area contributed by atoms with Crippen LogP contribution in [-0.2, 0) is 5.75 Å². The Morgan fingerprint density at radius 1 is 1.00 bits per heavy atom. The van der Waals surface area contributed by atoms with E-state index < -0.39 is 0 Å². The van der Waals surface area contributed by atoms with Crippen LogP contribution in [0.15, 0.2) is 41.6 Å². The summed E-state index contributed by atoms with van der Waals surface area (Å²) in [6, 6.07) is 11.7. The van der Waals surface area contributed by atoms with Gasteiger partial charge in [-0.15, -0.1) is 0 Å². The molecule has 0 saturated carbocycles. The Bertz CT molecular complexity index is 452. The summed E-state index contributed by atoms with van der Waals surface area (Å²) in [7, 11) is 0. The van der Waals surface area contributed by atoms with Gasteiger partial charge in [-0.3, -0.25) is 0 Å². The lowest BCUT2D eigenvalue weighted by Crippen LogP contribution is -1.99. The molecular formula is C11H12N4S. The van der Waals surface area contributed by atoms with Crippen LogP contribution in [0, 0.1) is 0 Å². The fourth-order valence-electron chi connectivity index (χ4n) is 1.25. The summed E-state index contributed by atoms with van der Waals surface area (Å²) in [4.78, 5) is 8.20. The summed E-state index contributed by atoms with van der Waals surface area (Å²) in [5.41, 5.74) is 12.4. The molecule has 0 atom stereocenters. The van der Waals surface area contributed by atoms with Crippen LogP contribution in [-0.4, -0.2) is 9.97 Å². The summed E-state index contributed by atoms with van der Waals surface area (Å²) in [6.45, 7) is 0. The number of aromatic nitrogens is 2. The minimum Gasteiger partial charge on any atom is -0.383 e. The standard InChI is InChI=1S/C11H12N4S/c12-9-6-10(13)15-11(14-9)16-7-8-4-2-1-3-5-8/h1-6H,7H2,(H4,12,13,14,15). The highest BCUT2D eigenvalue weighted by Crippen LogP contribution is 2.20. The van der Waals surface area contributed by atoms with E-state index in [9.17, 15) is 0 Å². The molecule has 5 heteroatoms. The average Bonchev–Trinajstić information content (AvgIpc) is 2.27. The summed E-state index contributed by atoms with van der Waals surface area (Å²) in [6.07, 6.45) is 0. The van der Waals surface area contributed by atoms with Crippen LogP contribution in [0.2, 0.25) is 0 Å². The fraction of sp³-hybridized carbons (Fsp3) is 0.0909. The number of thioether (sulfide) groups is 1. The van der Waals surface area contributed by atoms with Gasteiger partial charge in [0.2, 0.25) is 0 Å². The third kappa shape index (κ3) is 2.87. The van der Waals surface area contributed by atoms with Gasteiger partial charge in [-0.05, 0) is 5.56 Å². The number of rotatable bonds is 3. The van der Waals surface area contributed by atoms with E-state index in [0.29, 0.717) is 16.8 Å². The molecule has 0 aliphatic heterocycles. The Kier molecular flexibility index (Phi) is 3.26. The zero-order chi connectivity index (χ0) is 11.4. The van der Waals surface area contributed by atoms with Gasteiger partial charge in [0.1, 0.15) is 11.6 Å². The van der Waals surface area contributed by atoms with Gasteiger partial charge in [-0.25, -0.2) is 9.97 Å². The molecule has 0 unspecified atom stereocenters. The first-order valence-electron chi connectivity index (χ1n) is 4.81. The van der Waals surface area contributed by atoms with Gasteiger partial charge >= 0.3 is 0 Å². The van der Waals surface area contributed by atoms with Crippen molar-refractivity contribution in [3.8, 4) is 0 Å². The van der Waals surface area contributed by atoms with Crippen LogP contribution in [0.4, 0.5) is 11.6 Å². The Labute approximate surface area is 98.1 Å². The monoisotopic (exact) mass is 232 g/mol. The molecule has 0 aliphatic rings. The van der Waals surface area contributed by atoms with Crippen molar-refractivity contribution in [2.24, 2.45) is 0 Å². The van der Waals surface area contributed by atoms with E-state index in [0.717, 1.165) is 5.75 Å². The number of hydrogen-bond donors (Lipinski definition) is 2. The number of hydrogen-bond acceptors (Lipinski definition) is 5. The first-order valence-corrected chi connectivity index (χ1v) is 5.79. The summed E-state index contributed by atoms with van der Waals surface area (Å²) >= 11 is 1.52. The molecule has 82 valence electrons. The Balaban J connectivity index is 2.05. The first-order chi connectivity index (χ1) is 7.74. The maximum absolute atomic E-state index is 5.58. The maximum Gasteiger partial charge on any atom is 0.191 e. The van der Waals surface area contributed by atoms with Crippen LogP contribution in [0.3, 0.4) is 0 Å². The zero-order valence-corrected chi connectivity index (χ0v) is 9.45. The zero-order valence-electron chi connectivity index (χ0n) is 8.63. The average molecular weight is 232 g/mol. The van der Waals surface area contributed by atoms with Crippen LogP contribution in [0.1, 0.15) is 5.56 Å². The predicted molar refractivity (Wildman–Crippen MR) is 66.9 cm³/mol. The molecule has 0 saturated heterocycles. The van der Waals surface area contributed by atoms with E-state index in [2.05, 4.69) is 22.1 Å². The second-order valence-electron chi connectivity index (χ2n) is 3.27.